The average molecular weight is 615 g/mol. The van der Waals surface area contributed by atoms with Crippen LogP contribution >= 0.6 is 11.6 Å². The van der Waals surface area contributed by atoms with Gasteiger partial charge in [0.15, 0.2) is 0 Å². The first-order valence-electron chi connectivity index (χ1n) is 16.9. The quantitative estimate of drug-likeness (QED) is 0.269. The molecule has 1 amide bonds. The maximum atomic E-state index is 12.4. The third kappa shape index (κ3) is 7.62. The van der Waals surface area contributed by atoms with Gasteiger partial charge in [0.1, 0.15) is 10.8 Å². The number of nitrogens with zero attached hydrogens (tertiary/aromatic N) is 4. The maximum absolute atomic E-state index is 12.4. The summed E-state index contributed by atoms with van der Waals surface area (Å²) < 4.78 is 5.52. The van der Waals surface area contributed by atoms with E-state index in [-0.39, 0.29) is 6.09 Å². The molecule has 8 rings (SSSR count). The Morgan fingerprint density at radius 1 is 0.727 bits per heavy atom. The van der Waals surface area contributed by atoms with Gasteiger partial charge in [-0.25, -0.2) is 9.78 Å². The van der Waals surface area contributed by atoms with Crippen molar-refractivity contribution in [1.82, 2.24) is 15.0 Å². The predicted molar refractivity (Wildman–Crippen MR) is 177 cm³/mol. The van der Waals surface area contributed by atoms with Crippen LogP contribution in [0.1, 0.15) is 130 Å². The smallest absolute Gasteiger partial charge is 0.414 e. The molecule has 5 aliphatic rings. The Kier molecular flexibility index (Phi) is 9.56. The minimum atomic E-state index is -0.457. The highest BCUT2D eigenvalue weighted by Gasteiger charge is 2.33. The molecule has 0 atom stereocenters. The van der Waals surface area contributed by atoms with Crippen molar-refractivity contribution in [2.24, 2.45) is 0 Å². The molecule has 6 nitrogen and oxygen atoms in total. The first-order chi connectivity index (χ1) is 21.3. The summed E-state index contributed by atoms with van der Waals surface area (Å²) in [5, 5.41) is 0.710. The molecule has 4 aliphatic carbocycles. The van der Waals surface area contributed by atoms with Gasteiger partial charge in [0.2, 0.25) is 0 Å². The third-order valence-electron chi connectivity index (χ3n) is 9.24. The largest absolute Gasteiger partial charge is 0.443 e. The summed E-state index contributed by atoms with van der Waals surface area (Å²) in [7, 11) is 0. The maximum Gasteiger partial charge on any atom is 0.414 e. The number of aromatic nitrogens is 3. The Morgan fingerprint density at radius 3 is 1.86 bits per heavy atom. The van der Waals surface area contributed by atoms with Gasteiger partial charge in [0.25, 0.3) is 0 Å². The van der Waals surface area contributed by atoms with E-state index in [2.05, 4.69) is 27.1 Å². The Morgan fingerprint density at radius 2 is 1.25 bits per heavy atom. The summed E-state index contributed by atoms with van der Waals surface area (Å²) in [6.07, 6.45) is 22.8. The molecule has 3 aromatic heterocycles. The number of carbonyl (C=O) groups is 1. The number of aryl methyl sites for hydroxylation is 2. The van der Waals surface area contributed by atoms with Crippen molar-refractivity contribution in [2.45, 2.75) is 128 Å². The molecule has 44 heavy (non-hydrogen) atoms. The number of halogens is 1. The van der Waals surface area contributed by atoms with Gasteiger partial charge in [-0.05, 0) is 157 Å². The molecule has 234 valence electrons. The number of rotatable bonds is 2. The zero-order valence-electron chi connectivity index (χ0n) is 26.7. The number of amides is 1. The fourth-order valence-electron chi connectivity index (χ4n) is 6.77. The van der Waals surface area contributed by atoms with Crippen LogP contribution in [0.2, 0.25) is 5.15 Å². The van der Waals surface area contributed by atoms with E-state index in [1.807, 2.05) is 39.2 Å². The fourth-order valence-corrected chi connectivity index (χ4v) is 7.05. The van der Waals surface area contributed by atoms with E-state index in [0.29, 0.717) is 11.1 Å². The van der Waals surface area contributed by atoms with Crippen LogP contribution in [0.15, 0.2) is 36.8 Å². The Labute approximate surface area is 268 Å². The second-order valence-corrected chi connectivity index (χ2v) is 14.3. The molecule has 0 saturated heterocycles. The summed E-state index contributed by atoms with van der Waals surface area (Å²) >= 11 is 5.93. The summed E-state index contributed by atoms with van der Waals surface area (Å²) in [6.45, 7) is 6.43. The molecule has 0 unspecified atom stereocenters. The molecule has 0 bridgehead atoms. The molecular weight excluding hydrogens is 568 g/mol. The topological polar surface area (TPSA) is 68.2 Å². The number of fused-ring (bicyclic) bond motifs is 3. The fraction of sp³-hybridized carbons (Fsp3) is 0.568. The van der Waals surface area contributed by atoms with Crippen LogP contribution in [0.25, 0.3) is 0 Å². The van der Waals surface area contributed by atoms with Gasteiger partial charge >= 0.3 is 6.09 Å². The van der Waals surface area contributed by atoms with Gasteiger partial charge in [-0.15, -0.1) is 0 Å². The number of hydrogen-bond acceptors (Lipinski definition) is 5. The number of hydrogen-bond donors (Lipinski definition) is 0. The summed E-state index contributed by atoms with van der Waals surface area (Å²) in [5.41, 5.74) is 10.3. The van der Waals surface area contributed by atoms with Crippen molar-refractivity contribution >= 4 is 23.4 Å². The minimum Gasteiger partial charge on any atom is -0.443 e. The van der Waals surface area contributed by atoms with Crippen molar-refractivity contribution in [3.63, 3.8) is 0 Å². The second kappa shape index (κ2) is 13.6. The zero-order valence-corrected chi connectivity index (χ0v) is 27.5. The highest BCUT2D eigenvalue weighted by Crippen LogP contribution is 2.44. The number of ether oxygens (including phenoxy) is 1. The second-order valence-electron chi connectivity index (χ2n) is 14.0. The number of carbonyl (C=O) groups excluding carboxylic acids is 1. The summed E-state index contributed by atoms with van der Waals surface area (Å²) in [4.78, 5) is 27.3. The molecule has 3 aromatic rings. The lowest BCUT2D eigenvalue weighted by molar-refractivity contribution is 0.0577. The normalized spacial score (nSPS) is 18.8. The molecule has 1 aliphatic heterocycles. The van der Waals surface area contributed by atoms with Crippen LogP contribution in [-0.4, -0.2) is 33.2 Å². The average Bonchev–Trinajstić information content (AvgIpc) is 3.95. The standard InChI is InChI=1S/C16H22N2O2.C12H15N.C9H10ClN/c1-16(2,3)20-15(19)18-10-4-5-12-13(18)8-9-17-14(12)11-6-7-11;1-2-4-11-9(3-1)7-8-13-12(11)10-5-6-10;10-9-8-4-2-1-3-7(8)5-6-11-9/h8-9,11H,4-7,10H2,1-3H3;7-8,10H,1-6H2;5-6H,1-4H2. The van der Waals surface area contributed by atoms with E-state index in [0.717, 1.165) is 37.4 Å². The molecule has 2 saturated carbocycles. The monoisotopic (exact) mass is 614 g/mol. The molecule has 0 N–H and O–H groups in total. The summed E-state index contributed by atoms with van der Waals surface area (Å²) in [6, 6.07) is 6.26. The molecule has 7 heteroatoms. The first kappa shape index (κ1) is 31.0. The molecule has 4 heterocycles. The van der Waals surface area contributed by atoms with E-state index in [1.165, 1.54) is 98.7 Å². The lowest BCUT2D eigenvalue weighted by Gasteiger charge is -2.32. The zero-order chi connectivity index (χ0) is 30.7. The Bertz CT molecular complexity index is 1470. The van der Waals surface area contributed by atoms with E-state index in [9.17, 15) is 4.79 Å². The first-order valence-corrected chi connectivity index (χ1v) is 17.2. The molecule has 0 spiro atoms. The number of pyridine rings is 3. The van der Waals surface area contributed by atoms with Gasteiger partial charge in [-0.3, -0.25) is 14.9 Å². The number of anilines is 1. The molecule has 0 aromatic carbocycles. The van der Waals surface area contributed by atoms with Crippen molar-refractivity contribution < 1.29 is 9.53 Å². The highest BCUT2D eigenvalue weighted by atomic mass is 35.5. The van der Waals surface area contributed by atoms with Crippen LogP contribution in [0.3, 0.4) is 0 Å². The molecule has 0 radical (unpaired) electrons. The van der Waals surface area contributed by atoms with Crippen LogP contribution in [0, 0.1) is 0 Å². The van der Waals surface area contributed by atoms with Crippen molar-refractivity contribution in [3.05, 3.63) is 81.1 Å². The van der Waals surface area contributed by atoms with E-state index < -0.39 is 5.60 Å². The van der Waals surface area contributed by atoms with Crippen LogP contribution in [0.5, 0.6) is 0 Å². The van der Waals surface area contributed by atoms with E-state index in [1.54, 1.807) is 22.2 Å². The van der Waals surface area contributed by atoms with Crippen LogP contribution in [-0.2, 0) is 36.8 Å². The Hall–Kier alpha value is -2.99. The van der Waals surface area contributed by atoms with Crippen molar-refractivity contribution in [1.29, 1.82) is 0 Å². The third-order valence-corrected chi connectivity index (χ3v) is 9.56. The van der Waals surface area contributed by atoms with Crippen molar-refractivity contribution in [2.75, 3.05) is 11.4 Å². The van der Waals surface area contributed by atoms with Crippen molar-refractivity contribution in [3.8, 4) is 0 Å². The van der Waals surface area contributed by atoms with Gasteiger partial charge in [-0.1, -0.05) is 11.6 Å². The lowest BCUT2D eigenvalue weighted by Crippen LogP contribution is -2.40. The minimum absolute atomic E-state index is 0.244. The molecular formula is C37H47ClN4O2. The van der Waals surface area contributed by atoms with Gasteiger partial charge in [0, 0.05) is 48.4 Å². The predicted octanol–water partition coefficient (Wildman–Crippen LogP) is 9.10. The van der Waals surface area contributed by atoms with Gasteiger partial charge in [0.05, 0.1) is 5.69 Å². The van der Waals surface area contributed by atoms with Gasteiger partial charge in [-0.2, -0.15) is 0 Å². The van der Waals surface area contributed by atoms with E-state index >= 15 is 0 Å². The summed E-state index contributed by atoms with van der Waals surface area (Å²) in [5.74, 6) is 1.44. The molecule has 2 fully saturated rings. The SMILES string of the molecule is CC(C)(C)OC(=O)N1CCCc2c1ccnc2C1CC1.Clc1nccc2c1CCCC2.c1cc2c(c(C3CC3)n1)CCCC2. The van der Waals surface area contributed by atoms with E-state index in [4.69, 9.17) is 16.3 Å². The lowest BCUT2D eigenvalue weighted by atomic mass is 9.90. The van der Waals surface area contributed by atoms with Crippen LogP contribution in [0.4, 0.5) is 10.5 Å². The van der Waals surface area contributed by atoms with Crippen LogP contribution < -0.4 is 4.90 Å². The van der Waals surface area contributed by atoms with Gasteiger partial charge < -0.3 is 4.74 Å². The Balaban J connectivity index is 0.000000123. The highest BCUT2D eigenvalue weighted by molar-refractivity contribution is 6.30.